The number of nitrogens with zero attached hydrogens (tertiary/aromatic N) is 1. The second-order valence-electron chi connectivity index (χ2n) is 3.58. The van der Waals surface area contributed by atoms with Crippen LogP contribution in [0.25, 0.3) is 10.9 Å². The quantitative estimate of drug-likeness (QED) is 0.838. The first-order valence-electron chi connectivity index (χ1n) is 5.20. The summed E-state index contributed by atoms with van der Waals surface area (Å²) in [6.07, 6.45) is 1.08. The van der Waals surface area contributed by atoms with Crippen LogP contribution in [-0.4, -0.2) is 11.5 Å². The molecule has 2 nitrogen and oxygen atoms in total. The third kappa shape index (κ3) is 2.58. The maximum absolute atomic E-state index is 6.17. The predicted molar refractivity (Wildman–Crippen MR) is 78.3 cm³/mol. The Morgan fingerprint density at radius 1 is 1.38 bits per heavy atom. The van der Waals surface area contributed by atoms with E-state index in [4.69, 9.17) is 11.6 Å². The molecule has 1 aromatic heterocycles. The molecule has 0 radical (unpaired) electrons. The zero-order valence-electron chi connectivity index (χ0n) is 8.93. The third-order valence-corrected chi connectivity index (χ3v) is 3.18. The van der Waals surface area contributed by atoms with Gasteiger partial charge in [-0.3, -0.25) is 0 Å². The van der Waals surface area contributed by atoms with Gasteiger partial charge in [0.15, 0.2) is 0 Å². The Hall–Kier alpha value is -0.550. The SMILES string of the molecule is CCCNc1ccc2cc(I)cc(Cl)c2n1. The molecular formula is C12H12ClIN2. The minimum absolute atomic E-state index is 0.710. The lowest BCUT2D eigenvalue weighted by Gasteiger charge is -2.06. The Morgan fingerprint density at radius 2 is 2.19 bits per heavy atom. The molecule has 0 atom stereocenters. The van der Waals surface area contributed by atoms with Crippen molar-refractivity contribution in [2.75, 3.05) is 11.9 Å². The fourth-order valence-electron chi connectivity index (χ4n) is 1.51. The summed E-state index contributed by atoms with van der Waals surface area (Å²) >= 11 is 8.43. The average molecular weight is 347 g/mol. The topological polar surface area (TPSA) is 24.9 Å². The molecule has 0 aliphatic rings. The summed E-state index contributed by atoms with van der Waals surface area (Å²) in [7, 11) is 0. The van der Waals surface area contributed by atoms with E-state index in [1.807, 2.05) is 18.2 Å². The van der Waals surface area contributed by atoms with Crippen molar-refractivity contribution >= 4 is 50.9 Å². The molecule has 0 amide bonds. The normalized spacial score (nSPS) is 10.7. The van der Waals surface area contributed by atoms with Gasteiger partial charge in [-0.25, -0.2) is 4.98 Å². The maximum Gasteiger partial charge on any atom is 0.126 e. The van der Waals surface area contributed by atoms with Gasteiger partial charge in [0.05, 0.1) is 10.5 Å². The summed E-state index contributed by atoms with van der Waals surface area (Å²) in [6, 6.07) is 8.05. The standard InChI is InChI=1S/C12H12ClIN2/c1-2-5-15-11-4-3-8-6-9(14)7-10(13)12(8)16-11/h3-4,6-7H,2,5H2,1H3,(H,15,16). The van der Waals surface area contributed by atoms with Gasteiger partial charge in [0.2, 0.25) is 0 Å². The van der Waals surface area contributed by atoms with Gasteiger partial charge >= 0.3 is 0 Å². The number of pyridine rings is 1. The largest absolute Gasteiger partial charge is 0.370 e. The van der Waals surface area contributed by atoms with E-state index in [0.717, 1.165) is 33.3 Å². The van der Waals surface area contributed by atoms with Crippen molar-refractivity contribution in [3.05, 3.63) is 32.9 Å². The lowest BCUT2D eigenvalue weighted by molar-refractivity contribution is 0.972. The van der Waals surface area contributed by atoms with Crippen molar-refractivity contribution in [1.82, 2.24) is 4.98 Å². The Balaban J connectivity index is 2.45. The highest BCUT2D eigenvalue weighted by Crippen LogP contribution is 2.25. The fourth-order valence-corrected chi connectivity index (χ4v) is 2.61. The van der Waals surface area contributed by atoms with E-state index in [0.29, 0.717) is 5.02 Å². The number of halogens is 2. The molecule has 0 aliphatic carbocycles. The van der Waals surface area contributed by atoms with Crippen LogP contribution in [-0.2, 0) is 0 Å². The smallest absolute Gasteiger partial charge is 0.126 e. The van der Waals surface area contributed by atoms with Gasteiger partial charge < -0.3 is 5.32 Å². The van der Waals surface area contributed by atoms with E-state index >= 15 is 0 Å². The summed E-state index contributed by atoms with van der Waals surface area (Å²) < 4.78 is 1.13. The molecule has 84 valence electrons. The van der Waals surface area contributed by atoms with Crippen molar-refractivity contribution in [3.63, 3.8) is 0 Å². The summed E-state index contributed by atoms with van der Waals surface area (Å²) in [5.74, 6) is 0.887. The highest BCUT2D eigenvalue weighted by atomic mass is 127. The molecule has 1 N–H and O–H groups in total. The molecule has 0 spiro atoms. The first-order valence-corrected chi connectivity index (χ1v) is 6.66. The highest BCUT2D eigenvalue weighted by molar-refractivity contribution is 14.1. The lowest BCUT2D eigenvalue weighted by atomic mass is 10.2. The van der Waals surface area contributed by atoms with Crippen molar-refractivity contribution in [2.24, 2.45) is 0 Å². The third-order valence-electron chi connectivity index (χ3n) is 2.27. The number of nitrogens with one attached hydrogen (secondary N) is 1. The van der Waals surface area contributed by atoms with E-state index in [1.54, 1.807) is 0 Å². The molecule has 0 bridgehead atoms. The predicted octanol–water partition coefficient (Wildman–Crippen LogP) is 4.31. The summed E-state index contributed by atoms with van der Waals surface area (Å²) in [6.45, 7) is 3.06. The first-order chi connectivity index (χ1) is 7.70. The van der Waals surface area contributed by atoms with E-state index < -0.39 is 0 Å². The molecule has 4 heteroatoms. The van der Waals surface area contributed by atoms with Gasteiger partial charge in [0.1, 0.15) is 5.82 Å². The summed E-state index contributed by atoms with van der Waals surface area (Å²) in [5, 5.41) is 5.05. The van der Waals surface area contributed by atoms with Crippen molar-refractivity contribution in [1.29, 1.82) is 0 Å². The van der Waals surface area contributed by atoms with Crippen molar-refractivity contribution < 1.29 is 0 Å². The summed E-state index contributed by atoms with van der Waals surface area (Å²) in [5.41, 5.74) is 0.864. The van der Waals surface area contributed by atoms with E-state index in [9.17, 15) is 0 Å². The molecule has 0 aliphatic heterocycles. The van der Waals surface area contributed by atoms with Crippen LogP contribution in [0.15, 0.2) is 24.3 Å². The first kappa shape index (κ1) is 11.9. The molecule has 0 unspecified atom stereocenters. The molecule has 2 rings (SSSR count). The van der Waals surface area contributed by atoms with Crippen LogP contribution in [0.3, 0.4) is 0 Å². The van der Waals surface area contributed by atoms with Crippen LogP contribution < -0.4 is 5.32 Å². The van der Waals surface area contributed by atoms with Gasteiger partial charge in [-0.15, -0.1) is 0 Å². The molecule has 0 fully saturated rings. The molecule has 0 saturated heterocycles. The number of hydrogen-bond acceptors (Lipinski definition) is 2. The number of rotatable bonds is 3. The maximum atomic E-state index is 6.17. The Morgan fingerprint density at radius 3 is 2.94 bits per heavy atom. The summed E-state index contributed by atoms with van der Waals surface area (Å²) in [4.78, 5) is 4.51. The molecule has 16 heavy (non-hydrogen) atoms. The van der Waals surface area contributed by atoms with Crippen LogP contribution >= 0.6 is 34.2 Å². The fraction of sp³-hybridized carbons (Fsp3) is 0.250. The molecule has 2 aromatic rings. The van der Waals surface area contributed by atoms with Crippen LogP contribution in [0.1, 0.15) is 13.3 Å². The second-order valence-corrected chi connectivity index (χ2v) is 5.24. The number of benzene rings is 1. The number of anilines is 1. The van der Waals surface area contributed by atoms with Crippen molar-refractivity contribution in [3.8, 4) is 0 Å². The molecule has 1 aromatic carbocycles. The zero-order valence-corrected chi connectivity index (χ0v) is 11.8. The van der Waals surface area contributed by atoms with Crippen molar-refractivity contribution in [2.45, 2.75) is 13.3 Å². The zero-order chi connectivity index (χ0) is 11.5. The number of hydrogen-bond donors (Lipinski definition) is 1. The van der Waals surface area contributed by atoms with Crippen LogP contribution in [0, 0.1) is 3.57 Å². The van der Waals surface area contributed by atoms with E-state index in [-0.39, 0.29) is 0 Å². The second kappa shape index (κ2) is 5.19. The lowest BCUT2D eigenvalue weighted by Crippen LogP contribution is -2.01. The Labute approximate surface area is 114 Å². The van der Waals surface area contributed by atoms with Gasteiger partial charge in [-0.1, -0.05) is 18.5 Å². The van der Waals surface area contributed by atoms with Crippen LogP contribution in [0.2, 0.25) is 5.02 Å². The minimum atomic E-state index is 0.710. The number of aromatic nitrogens is 1. The van der Waals surface area contributed by atoms with Gasteiger partial charge in [-0.2, -0.15) is 0 Å². The monoisotopic (exact) mass is 346 g/mol. The van der Waals surface area contributed by atoms with Gasteiger partial charge in [0.25, 0.3) is 0 Å². The Kier molecular flexibility index (Phi) is 3.86. The van der Waals surface area contributed by atoms with Crippen LogP contribution in [0.4, 0.5) is 5.82 Å². The number of fused-ring (bicyclic) bond motifs is 1. The van der Waals surface area contributed by atoms with E-state index in [1.165, 1.54) is 0 Å². The Bertz CT molecular complexity index is 514. The minimum Gasteiger partial charge on any atom is -0.370 e. The van der Waals surface area contributed by atoms with Gasteiger partial charge in [-0.05, 0) is 53.3 Å². The highest BCUT2D eigenvalue weighted by Gasteiger charge is 2.03. The average Bonchev–Trinajstić information content (AvgIpc) is 2.26. The molecule has 0 saturated carbocycles. The molecular weight excluding hydrogens is 335 g/mol. The molecule has 1 heterocycles. The van der Waals surface area contributed by atoms with E-state index in [2.05, 4.69) is 45.9 Å². The van der Waals surface area contributed by atoms with Crippen LogP contribution in [0.5, 0.6) is 0 Å². The van der Waals surface area contributed by atoms with Gasteiger partial charge in [0, 0.05) is 15.5 Å².